The molecule has 0 aromatic heterocycles. The molecule has 8 heteroatoms. The summed E-state index contributed by atoms with van der Waals surface area (Å²) in [6, 6.07) is 3.26. The van der Waals surface area contributed by atoms with E-state index in [4.69, 9.17) is 4.74 Å². The van der Waals surface area contributed by atoms with Crippen LogP contribution in [0.3, 0.4) is 0 Å². The number of methoxy groups -OCH3 is 1. The Morgan fingerprint density at radius 1 is 1.26 bits per heavy atom. The first-order valence-electron chi connectivity index (χ1n) is 8.99. The summed E-state index contributed by atoms with van der Waals surface area (Å²) in [5.41, 5.74) is 0. The van der Waals surface area contributed by atoms with E-state index in [2.05, 4.69) is 61.0 Å². The minimum atomic E-state index is -3.69. The van der Waals surface area contributed by atoms with Crippen LogP contribution in [-0.4, -0.2) is 34.2 Å². The van der Waals surface area contributed by atoms with Crippen molar-refractivity contribution in [2.24, 2.45) is 0 Å². The predicted molar refractivity (Wildman–Crippen MR) is 117 cm³/mol. The van der Waals surface area contributed by atoms with Crippen molar-refractivity contribution in [3.63, 3.8) is 0 Å². The Kier molecular flexibility index (Phi) is 9.01. The molecule has 2 N–H and O–H groups in total. The highest BCUT2D eigenvalue weighted by Crippen LogP contribution is 2.33. The zero-order chi connectivity index (χ0) is 19.9. The monoisotopic (exact) mass is 520 g/mol. The summed E-state index contributed by atoms with van der Waals surface area (Å²) in [6.45, 7) is 2.68. The van der Waals surface area contributed by atoms with Crippen LogP contribution >= 0.6 is 31.9 Å². The molecule has 0 fully saturated rings. The van der Waals surface area contributed by atoms with Crippen LogP contribution in [0.4, 0.5) is 0 Å². The molecule has 1 aliphatic carbocycles. The number of sulfonamides is 1. The van der Waals surface area contributed by atoms with Gasteiger partial charge in [-0.2, -0.15) is 0 Å². The van der Waals surface area contributed by atoms with E-state index < -0.39 is 10.0 Å². The van der Waals surface area contributed by atoms with E-state index in [0.717, 1.165) is 25.7 Å². The Balaban J connectivity index is 2.14. The van der Waals surface area contributed by atoms with Crippen molar-refractivity contribution in [2.45, 2.75) is 49.6 Å². The molecular weight excluding hydrogens is 496 g/mol. The fourth-order valence-corrected chi connectivity index (χ4v) is 5.97. The molecule has 0 aliphatic heterocycles. The highest BCUT2D eigenvalue weighted by atomic mass is 79.9. The molecule has 0 saturated heterocycles. The van der Waals surface area contributed by atoms with Gasteiger partial charge in [-0.3, -0.25) is 0 Å². The number of hydrogen-bond acceptors (Lipinski definition) is 4. The van der Waals surface area contributed by atoms with Gasteiger partial charge in [-0.05, 0) is 50.8 Å². The molecule has 1 aromatic carbocycles. The second kappa shape index (κ2) is 10.8. The number of ether oxygens (including phenoxy) is 1. The second-order valence-electron chi connectivity index (χ2n) is 6.44. The Labute approximate surface area is 178 Å². The number of hydrogen-bond donors (Lipinski definition) is 2. The maximum atomic E-state index is 13.0. The van der Waals surface area contributed by atoms with E-state index in [0.29, 0.717) is 21.2 Å². The maximum absolute atomic E-state index is 13.0. The average Bonchev–Trinajstić information content (AvgIpc) is 2.64. The normalized spacial score (nSPS) is 17.9. The van der Waals surface area contributed by atoms with Gasteiger partial charge in [-0.1, -0.05) is 44.1 Å². The molecule has 0 amide bonds. The number of unbranched alkanes of at least 4 members (excludes halogenated alkanes) is 1. The van der Waals surface area contributed by atoms with Crippen LogP contribution in [0.15, 0.2) is 50.3 Å². The van der Waals surface area contributed by atoms with Crippen molar-refractivity contribution in [2.75, 3.05) is 13.7 Å². The number of benzene rings is 1. The smallest absolute Gasteiger partial charge is 0.242 e. The van der Waals surface area contributed by atoms with E-state index in [9.17, 15) is 8.42 Å². The summed E-state index contributed by atoms with van der Waals surface area (Å²) in [4.78, 5) is 0.171. The molecule has 2 atom stereocenters. The summed E-state index contributed by atoms with van der Waals surface area (Å²) in [5, 5.41) is 3.44. The number of rotatable bonds is 10. The van der Waals surface area contributed by atoms with E-state index in [1.165, 1.54) is 13.2 Å². The third kappa shape index (κ3) is 6.71. The van der Waals surface area contributed by atoms with Gasteiger partial charge in [0, 0.05) is 29.2 Å². The molecular formula is C19H26Br2N2O3S. The first kappa shape index (κ1) is 22.6. The molecule has 0 saturated carbocycles. The van der Waals surface area contributed by atoms with Crippen LogP contribution in [0.25, 0.3) is 0 Å². The van der Waals surface area contributed by atoms with E-state index in [1.54, 1.807) is 6.07 Å². The van der Waals surface area contributed by atoms with Crippen LogP contribution in [0.5, 0.6) is 5.75 Å². The highest BCUT2D eigenvalue weighted by Gasteiger charge is 2.24. The largest absolute Gasteiger partial charge is 0.496 e. The molecule has 1 aromatic rings. The highest BCUT2D eigenvalue weighted by molar-refractivity contribution is 9.11. The van der Waals surface area contributed by atoms with E-state index in [-0.39, 0.29) is 17.0 Å². The lowest BCUT2D eigenvalue weighted by Gasteiger charge is -2.23. The molecule has 0 heterocycles. The molecule has 27 heavy (non-hydrogen) atoms. The molecule has 2 rings (SSSR count). The third-order valence-corrected chi connectivity index (χ3v) is 7.43. The van der Waals surface area contributed by atoms with Crippen LogP contribution in [0.1, 0.15) is 32.6 Å². The zero-order valence-corrected chi connectivity index (χ0v) is 19.5. The summed E-state index contributed by atoms with van der Waals surface area (Å²) < 4.78 is 35.3. The SMILES string of the molecule is CCCCC(CNC1C=CC=CC1)NS(=O)(=O)c1cc(OC)c(Br)cc1Br. The number of nitrogens with one attached hydrogen (secondary N) is 2. The molecule has 2 unspecified atom stereocenters. The third-order valence-electron chi connectivity index (χ3n) is 4.33. The van der Waals surface area contributed by atoms with Crippen molar-refractivity contribution in [3.8, 4) is 5.75 Å². The Bertz CT molecular complexity index is 794. The minimum absolute atomic E-state index is 0.171. The Morgan fingerprint density at radius 2 is 2.04 bits per heavy atom. The van der Waals surface area contributed by atoms with Gasteiger partial charge in [-0.15, -0.1) is 0 Å². The number of allylic oxidation sites excluding steroid dienone is 2. The lowest BCUT2D eigenvalue weighted by Crippen LogP contribution is -2.44. The maximum Gasteiger partial charge on any atom is 0.242 e. The lowest BCUT2D eigenvalue weighted by molar-refractivity contribution is 0.410. The summed E-state index contributed by atoms with van der Waals surface area (Å²) in [5.74, 6) is 0.473. The summed E-state index contributed by atoms with van der Waals surface area (Å²) in [7, 11) is -2.18. The quantitative estimate of drug-likeness (QED) is 0.474. The van der Waals surface area contributed by atoms with Crippen molar-refractivity contribution in [1.82, 2.24) is 10.0 Å². The van der Waals surface area contributed by atoms with E-state index in [1.807, 2.05) is 12.2 Å². The van der Waals surface area contributed by atoms with E-state index >= 15 is 0 Å². The molecule has 0 bridgehead atoms. The van der Waals surface area contributed by atoms with Gasteiger partial charge in [0.15, 0.2) is 0 Å². The van der Waals surface area contributed by atoms with Crippen LogP contribution in [0.2, 0.25) is 0 Å². The standard InChI is InChI=1S/C19H26Br2N2O3S/c1-3-4-8-15(13-22-14-9-6-5-7-10-14)23-27(24,25)19-12-18(26-2)16(20)11-17(19)21/h5-7,9,11-12,14-15,22-23H,3-4,8,10,13H2,1-2H3. The van der Waals surface area contributed by atoms with Gasteiger partial charge in [0.1, 0.15) is 5.75 Å². The second-order valence-corrected chi connectivity index (χ2v) is 9.83. The fraction of sp³-hybridized carbons (Fsp3) is 0.474. The zero-order valence-electron chi connectivity index (χ0n) is 15.5. The molecule has 1 aliphatic rings. The van der Waals surface area contributed by atoms with Crippen molar-refractivity contribution in [1.29, 1.82) is 0 Å². The summed E-state index contributed by atoms with van der Waals surface area (Å²) in [6.07, 6.45) is 11.9. The van der Waals surface area contributed by atoms with Crippen LogP contribution < -0.4 is 14.8 Å². The van der Waals surface area contributed by atoms with Gasteiger partial charge in [-0.25, -0.2) is 13.1 Å². The van der Waals surface area contributed by atoms with Gasteiger partial charge >= 0.3 is 0 Å². The fourth-order valence-electron chi connectivity index (χ4n) is 2.83. The van der Waals surface area contributed by atoms with Crippen LogP contribution in [0, 0.1) is 0 Å². The topological polar surface area (TPSA) is 67.4 Å². The van der Waals surface area contributed by atoms with Crippen molar-refractivity contribution < 1.29 is 13.2 Å². The summed E-state index contributed by atoms with van der Waals surface area (Å²) >= 11 is 6.72. The first-order chi connectivity index (χ1) is 12.9. The first-order valence-corrected chi connectivity index (χ1v) is 12.1. The van der Waals surface area contributed by atoms with Crippen molar-refractivity contribution >= 4 is 41.9 Å². The molecule has 0 radical (unpaired) electrons. The van der Waals surface area contributed by atoms with Gasteiger partial charge in [0.05, 0.1) is 16.5 Å². The predicted octanol–water partition coefficient (Wildman–Crippen LogP) is 4.53. The van der Waals surface area contributed by atoms with Gasteiger partial charge < -0.3 is 10.1 Å². The molecule has 0 spiro atoms. The van der Waals surface area contributed by atoms with Gasteiger partial charge in [0.25, 0.3) is 0 Å². The molecule has 150 valence electrons. The van der Waals surface area contributed by atoms with Crippen molar-refractivity contribution in [3.05, 3.63) is 45.4 Å². The minimum Gasteiger partial charge on any atom is -0.496 e. The number of halogens is 2. The van der Waals surface area contributed by atoms with Crippen LogP contribution in [-0.2, 0) is 10.0 Å². The lowest BCUT2D eigenvalue weighted by atomic mass is 10.1. The molecule has 5 nitrogen and oxygen atoms in total. The Morgan fingerprint density at radius 3 is 2.67 bits per heavy atom. The Hall–Kier alpha value is -0.670. The van der Waals surface area contributed by atoms with Gasteiger partial charge in [0.2, 0.25) is 10.0 Å². The average molecular weight is 522 g/mol.